The number of nitrogens with zero attached hydrogens (tertiary/aromatic N) is 3. The average molecular weight is 307 g/mol. The van der Waals surface area contributed by atoms with E-state index in [0.29, 0.717) is 0 Å². The molecule has 1 aliphatic heterocycles. The number of aliphatic carboxylic acids is 1. The monoisotopic (exact) mass is 307 g/mol. The second-order valence-electron chi connectivity index (χ2n) is 4.61. The molecular formula is C12H16F3N3O3. The van der Waals surface area contributed by atoms with Crippen molar-refractivity contribution in [3.63, 3.8) is 0 Å². The summed E-state index contributed by atoms with van der Waals surface area (Å²) in [5.41, 5.74) is 0. The number of amides is 2. The highest BCUT2D eigenvalue weighted by Gasteiger charge is 2.33. The van der Waals surface area contributed by atoms with Crippen LogP contribution in [-0.2, 0) is 4.79 Å². The molecule has 21 heavy (non-hydrogen) atoms. The van der Waals surface area contributed by atoms with Gasteiger partial charge in [0.1, 0.15) is 6.54 Å². The Morgan fingerprint density at radius 1 is 1.24 bits per heavy atom. The highest BCUT2D eigenvalue weighted by Crippen LogP contribution is 2.17. The van der Waals surface area contributed by atoms with Gasteiger partial charge in [-0.25, -0.2) is 4.79 Å². The van der Waals surface area contributed by atoms with E-state index >= 15 is 0 Å². The van der Waals surface area contributed by atoms with Gasteiger partial charge < -0.3 is 14.9 Å². The molecule has 1 heterocycles. The molecule has 6 nitrogen and oxygen atoms in total. The number of hydrogen-bond acceptors (Lipinski definition) is 3. The number of urea groups is 1. The van der Waals surface area contributed by atoms with Gasteiger partial charge in [0.05, 0.1) is 13.1 Å². The van der Waals surface area contributed by atoms with Crippen molar-refractivity contribution in [2.45, 2.75) is 6.18 Å². The van der Waals surface area contributed by atoms with E-state index in [0.717, 1.165) is 4.90 Å². The summed E-state index contributed by atoms with van der Waals surface area (Å²) in [7, 11) is 0. The molecule has 0 bridgehead atoms. The number of carbonyl (C=O) groups is 2. The zero-order valence-corrected chi connectivity index (χ0v) is 11.3. The van der Waals surface area contributed by atoms with E-state index in [1.54, 1.807) is 0 Å². The van der Waals surface area contributed by atoms with Crippen molar-refractivity contribution in [1.82, 2.24) is 14.7 Å². The molecule has 0 radical (unpaired) electrons. The fourth-order valence-corrected chi connectivity index (χ4v) is 2.02. The number of rotatable bonds is 4. The van der Waals surface area contributed by atoms with Crippen molar-refractivity contribution in [2.75, 3.05) is 45.8 Å². The second kappa shape index (κ2) is 7.17. The van der Waals surface area contributed by atoms with Gasteiger partial charge in [-0.15, -0.1) is 6.42 Å². The van der Waals surface area contributed by atoms with Gasteiger partial charge in [-0.05, 0) is 0 Å². The number of carboxylic acid groups (broad SMARTS) is 1. The van der Waals surface area contributed by atoms with Crippen LogP contribution in [0.3, 0.4) is 0 Å². The molecule has 1 N–H and O–H groups in total. The van der Waals surface area contributed by atoms with Crippen molar-refractivity contribution >= 4 is 12.0 Å². The summed E-state index contributed by atoms with van der Waals surface area (Å²) < 4.78 is 36.8. The van der Waals surface area contributed by atoms with E-state index in [1.165, 1.54) is 9.80 Å². The Bertz CT molecular complexity index is 426. The van der Waals surface area contributed by atoms with Crippen LogP contribution in [0.4, 0.5) is 18.0 Å². The molecular weight excluding hydrogens is 291 g/mol. The summed E-state index contributed by atoms with van der Waals surface area (Å²) in [6.07, 6.45) is 0.803. The van der Waals surface area contributed by atoms with Crippen LogP contribution in [-0.4, -0.2) is 83.8 Å². The van der Waals surface area contributed by atoms with Crippen LogP contribution in [0.15, 0.2) is 0 Å². The normalized spacial score (nSPS) is 16.4. The van der Waals surface area contributed by atoms with Gasteiger partial charge >= 0.3 is 18.2 Å². The third kappa shape index (κ3) is 5.91. The molecule has 1 fully saturated rings. The number of piperazine rings is 1. The molecule has 118 valence electrons. The van der Waals surface area contributed by atoms with E-state index < -0.39 is 31.3 Å². The zero-order valence-electron chi connectivity index (χ0n) is 11.3. The number of halogens is 3. The van der Waals surface area contributed by atoms with Crippen LogP contribution in [0.5, 0.6) is 0 Å². The molecule has 9 heteroatoms. The van der Waals surface area contributed by atoms with E-state index in [9.17, 15) is 22.8 Å². The lowest BCUT2D eigenvalue weighted by atomic mass is 10.3. The Morgan fingerprint density at radius 2 is 1.81 bits per heavy atom. The summed E-state index contributed by atoms with van der Waals surface area (Å²) in [5, 5.41) is 8.71. The fourth-order valence-electron chi connectivity index (χ4n) is 2.02. The third-order valence-corrected chi connectivity index (χ3v) is 2.92. The third-order valence-electron chi connectivity index (χ3n) is 2.92. The number of carbonyl (C=O) groups excluding carboxylic acids is 1. The van der Waals surface area contributed by atoms with Gasteiger partial charge in [0.25, 0.3) is 0 Å². The Hall–Kier alpha value is -1.95. The number of alkyl halides is 3. The lowest BCUT2D eigenvalue weighted by Crippen LogP contribution is -2.54. The minimum absolute atomic E-state index is 0.0855. The standard InChI is InChI=1S/C12H16F3N3O3/c1-2-3-18(8-10(19)20)11(21)17-6-4-16(5-7-17)9-12(13,14)15/h1H,3-9H2,(H,19,20). The van der Waals surface area contributed by atoms with Crippen LogP contribution in [0, 0.1) is 12.3 Å². The smallest absolute Gasteiger partial charge is 0.401 e. The first kappa shape index (κ1) is 17.1. The summed E-state index contributed by atoms with van der Waals surface area (Å²) >= 11 is 0. The van der Waals surface area contributed by atoms with E-state index in [1.807, 2.05) is 0 Å². The lowest BCUT2D eigenvalue weighted by molar-refractivity contribution is -0.148. The Kier molecular flexibility index (Phi) is 5.84. The van der Waals surface area contributed by atoms with Crippen LogP contribution >= 0.6 is 0 Å². The first-order valence-electron chi connectivity index (χ1n) is 6.21. The number of terminal acetylenes is 1. The van der Waals surface area contributed by atoms with E-state index in [2.05, 4.69) is 5.92 Å². The number of carboxylic acids is 1. The van der Waals surface area contributed by atoms with Crippen LogP contribution in [0.1, 0.15) is 0 Å². The van der Waals surface area contributed by atoms with Gasteiger partial charge in [-0.3, -0.25) is 9.69 Å². The molecule has 0 aromatic heterocycles. The van der Waals surface area contributed by atoms with Gasteiger partial charge in [0.2, 0.25) is 0 Å². The molecule has 0 spiro atoms. The summed E-state index contributed by atoms with van der Waals surface area (Å²) in [6.45, 7) is -1.33. The molecule has 0 aromatic carbocycles. The van der Waals surface area contributed by atoms with E-state index in [-0.39, 0.29) is 32.7 Å². The van der Waals surface area contributed by atoms with Gasteiger partial charge in [0.15, 0.2) is 0 Å². The second-order valence-corrected chi connectivity index (χ2v) is 4.61. The molecule has 0 atom stereocenters. The van der Waals surface area contributed by atoms with Gasteiger partial charge in [-0.1, -0.05) is 5.92 Å². The highest BCUT2D eigenvalue weighted by atomic mass is 19.4. The highest BCUT2D eigenvalue weighted by molar-refractivity contribution is 5.80. The summed E-state index contributed by atoms with van der Waals surface area (Å²) in [5.74, 6) is 0.989. The SMILES string of the molecule is C#CCN(CC(=O)O)C(=O)N1CCN(CC(F)(F)F)CC1. The summed E-state index contributed by atoms with van der Waals surface area (Å²) in [4.78, 5) is 26.2. The molecule has 1 aliphatic rings. The largest absolute Gasteiger partial charge is 0.480 e. The fraction of sp³-hybridized carbons (Fsp3) is 0.667. The maximum atomic E-state index is 12.3. The van der Waals surface area contributed by atoms with Gasteiger partial charge in [-0.2, -0.15) is 13.2 Å². The van der Waals surface area contributed by atoms with Crippen LogP contribution in [0.2, 0.25) is 0 Å². The molecule has 2 amide bonds. The predicted octanol–water partition coefficient (Wildman–Crippen LogP) is 0.306. The predicted molar refractivity (Wildman–Crippen MR) is 67.5 cm³/mol. The van der Waals surface area contributed by atoms with Gasteiger partial charge in [0, 0.05) is 26.2 Å². The molecule has 0 aliphatic carbocycles. The minimum atomic E-state index is -4.27. The van der Waals surface area contributed by atoms with Crippen LogP contribution < -0.4 is 0 Å². The summed E-state index contributed by atoms with van der Waals surface area (Å²) in [6, 6.07) is -0.568. The molecule has 0 unspecified atom stereocenters. The Morgan fingerprint density at radius 3 is 2.24 bits per heavy atom. The molecule has 1 rings (SSSR count). The quantitative estimate of drug-likeness (QED) is 0.759. The topological polar surface area (TPSA) is 64.1 Å². The van der Waals surface area contributed by atoms with Crippen molar-refractivity contribution in [3.8, 4) is 12.3 Å². The Labute approximate surface area is 120 Å². The lowest BCUT2D eigenvalue weighted by Gasteiger charge is -2.37. The average Bonchev–Trinajstić information content (AvgIpc) is 2.36. The maximum Gasteiger partial charge on any atom is 0.401 e. The van der Waals surface area contributed by atoms with Crippen molar-refractivity contribution in [1.29, 1.82) is 0 Å². The maximum absolute atomic E-state index is 12.3. The first-order chi connectivity index (χ1) is 9.73. The molecule has 0 saturated carbocycles. The van der Waals surface area contributed by atoms with Crippen LogP contribution in [0.25, 0.3) is 0 Å². The zero-order chi connectivity index (χ0) is 16.0. The molecule has 0 aromatic rings. The van der Waals surface area contributed by atoms with Crippen molar-refractivity contribution in [2.24, 2.45) is 0 Å². The molecule has 1 saturated heterocycles. The van der Waals surface area contributed by atoms with E-state index in [4.69, 9.17) is 11.5 Å². The first-order valence-corrected chi connectivity index (χ1v) is 6.21. The van der Waals surface area contributed by atoms with Crippen molar-refractivity contribution < 1.29 is 27.9 Å². The number of hydrogen-bond donors (Lipinski definition) is 1. The van der Waals surface area contributed by atoms with Crippen molar-refractivity contribution in [3.05, 3.63) is 0 Å². The minimum Gasteiger partial charge on any atom is -0.480 e. The Balaban J connectivity index is 2.53.